The topological polar surface area (TPSA) is 29.3 Å². The predicted octanol–water partition coefficient (Wildman–Crippen LogP) is 2.93. The standard InChI is InChI=1S/C13H19BrN2/c1-10(15)13(16-8-2-3-9-16)11-4-6-12(14)7-5-11/h4-7,10,13H,2-3,8-9,15H2,1H3. The lowest BCUT2D eigenvalue weighted by Crippen LogP contribution is -2.37. The molecule has 2 unspecified atom stereocenters. The third-order valence-electron chi connectivity index (χ3n) is 3.24. The van der Waals surface area contributed by atoms with Gasteiger partial charge < -0.3 is 5.73 Å². The number of halogens is 1. The van der Waals surface area contributed by atoms with Crippen molar-refractivity contribution in [1.29, 1.82) is 0 Å². The van der Waals surface area contributed by atoms with E-state index in [-0.39, 0.29) is 6.04 Å². The van der Waals surface area contributed by atoms with Gasteiger partial charge in [0.1, 0.15) is 0 Å². The van der Waals surface area contributed by atoms with Gasteiger partial charge in [-0.2, -0.15) is 0 Å². The number of nitrogens with zero attached hydrogens (tertiary/aromatic N) is 1. The molecule has 2 rings (SSSR count). The summed E-state index contributed by atoms with van der Waals surface area (Å²) < 4.78 is 1.13. The average molecular weight is 283 g/mol. The predicted molar refractivity (Wildman–Crippen MR) is 71.3 cm³/mol. The van der Waals surface area contributed by atoms with Crippen molar-refractivity contribution in [1.82, 2.24) is 4.90 Å². The smallest absolute Gasteiger partial charge is 0.0496 e. The molecule has 3 heteroatoms. The highest BCUT2D eigenvalue weighted by molar-refractivity contribution is 9.10. The van der Waals surface area contributed by atoms with Crippen LogP contribution in [0.5, 0.6) is 0 Å². The molecular formula is C13H19BrN2. The molecule has 1 aromatic carbocycles. The van der Waals surface area contributed by atoms with Crippen LogP contribution in [0.2, 0.25) is 0 Å². The molecule has 0 aliphatic carbocycles. The van der Waals surface area contributed by atoms with Crippen molar-refractivity contribution in [3.05, 3.63) is 34.3 Å². The summed E-state index contributed by atoms with van der Waals surface area (Å²) in [7, 11) is 0. The van der Waals surface area contributed by atoms with Crippen LogP contribution >= 0.6 is 15.9 Å². The molecule has 1 aliphatic heterocycles. The summed E-state index contributed by atoms with van der Waals surface area (Å²) in [6.07, 6.45) is 2.61. The highest BCUT2D eigenvalue weighted by atomic mass is 79.9. The fourth-order valence-corrected chi connectivity index (χ4v) is 2.79. The van der Waals surface area contributed by atoms with E-state index in [1.165, 1.54) is 31.5 Å². The van der Waals surface area contributed by atoms with Gasteiger partial charge in [0, 0.05) is 16.6 Å². The Bertz CT molecular complexity index is 328. The molecule has 16 heavy (non-hydrogen) atoms. The van der Waals surface area contributed by atoms with Crippen LogP contribution in [0.4, 0.5) is 0 Å². The van der Waals surface area contributed by atoms with E-state index in [0.717, 1.165) is 4.47 Å². The van der Waals surface area contributed by atoms with Crippen molar-refractivity contribution >= 4 is 15.9 Å². The van der Waals surface area contributed by atoms with E-state index in [2.05, 4.69) is 52.0 Å². The second-order valence-electron chi connectivity index (χ2n) is 4.60. The third kappa shape index (κ3) is 2.65. The lowest BCUT2D eigenvalue weighted by atomic mass is 10.00. The molecule has 0 saturated carbocycles. The van der Waals surface area contributed by atoms with Gasteiger partial charge in [-0.25, -0.2) is 0 Å². The molecule has 0 aromatic heterocycles. The number of benzene rings is 1. The molecule has 0 amide bonds. The van der Waals surface area contributed by atoms with Crippen molar-refractivity contribution in [2.75, 3.05) is 13.1 Å². The van der Waals surface area contributed by atoms with Gasteiger partial charge in [-0.05, 0) is 50.6 Å². The van der Waals surface area contributed by atoms with Gasteiger partial charge in [0.05, 0.1) is 0 Å². The number of rotatable bonds is 3. The van der Waals surface area contributed by atoms with Gasteiger partial charge in [0.2, 0.25) is 0 Å². The molecule has 1 aliphatic rings. The Labute approximate surface area is 106 Å². The SMILES string of the molecule is CC(N)C(c1ccc(Br)cc1)N1CCCC1. The van der Waals surface area contributed by atoms with Gasteiger partial charge in [0.25, 0.3) is 0 Å². The fraction of sp³-hybridized carbons (Fsp3) is 0.538. The average Bonchev–Trinajstić information content (AvgIpc) is 2.74. The van der Waals surface area contributed by atoms with E-state index >= 15 is 0 Å². The van der Waals surface area contributed by atoms with Crippen LogP contribution in [-0.4, -0.2) is 24.0 Å². The first-order chi connectivity index (χ1) is 7.68. The van der Waals surface area contributed by atoms with Crippen LogP contribution in [0.1, 0.15) is 31.4 Å². The molecule has 1 fully saturated rings. The van der Waals surface area contributed by atoms with Crippen LogP contribution in [0.25, 0.3) is 0 Å². The van der Waals surface area contributed by atoms with E-state index in [4.69, 9.17) is 5.73 Å². The lowest BCUT2D eigenvalue weighted by molar-refractivity contribution is 0.219. The first-order valence-electron chi connectivity index (χ1n) is 5.93. The van der Waals surface area contributed by atoms with Crippen molar-refractivity contribution in [3.8, 4) is 0 Å². The summed E-state index contributed by atoms with van der Waals surface area (Å²) in [5, 5.41) is 0. The first kappa shape index (κ1) is 12.1. The third-order valence-corrected chi connectivity index (χ3v) is 3.77. The van der Waals surface area contributed by atoms with Crippen LogP contribution in [0.15, 0.2) is 28.7 Å². The molecule has 0 radical (unpaired) electrons. The summed E-state index contributed by atoms with van der Waals surface area (Å²) in [5.74, 6) is 0. The zero-order valence-electron chi connectivity index (χ0n) is 9.70. The lowest BCUT2D eigenvalue weighted by Gasteiger charge is -2.31. The molecule has 1 saturated heterocycles. The molecule has 2 N–H and O–H groups in total. The zero-order chi connectivity index (χ0) is 11.5. The maximum Gasteiger partial charge on any atom is 0.0496 e. The normalized spacial score (nSPS) is 20.9. The molecule has 0 bridgehead atoms. The summed E-state index contributed by atoms with van der Waals surface area (Å²) >= 11 is 3.47. The van der Waals surface area contributed by atoms with E-state index in [0.29, 0.717) is 6.04 Å². The minimum Gasteiger partial charge on any atom is -0.326 e. The van der Waals surface area contributed by atoms with E-state index < -0.39 is 0 Å². The maximum absolute atomic E-state index is 6.13. The van der Waals surface area contributed by atoms with Gasteiger partial charge >= 0.3 is 0 Å². The van der Waals surface area contributed by atoms with Crippen molar-refractivity contribution in [3.63, 3.8) is 0 Å². The summed E-state index contributed by atoms with van der Waals surface area (Å²) in [6.45, 7) is 4.47. The molecule has 88 valence electrons. The Morgan fingerprint density at radius 3 is 2.25 bits per heavy atom. The second-order valence-corrected chi connectivity index (χ2v) is 5.51. The Balaban J connectivity index is 2.21. The molecule has 2 atom stereocenters. The minimum absolute atomic E-state index is 0.180. The number of nitrogens with two attached hydrogens (primary N) is 1. The van der Waals surface area contributed by atoms with Crippen molar-refractivity contribution < 1.29 is 0 Å². The fourth-order valence-electron chi connectivity index (χ4n) is 2.53. The van der Waals surface area contributed by atoms with Gasteiger partial charge in [-0.15, -0.1) is 0 Å². The maximum atomic E-state index is 6.13. The quantitative estimate of drug-likeness (QED) is 0.924. The highest BCUT2D eigenvalue weighted by Crippen LogP contribution is 2.28. The summed E-state index contributed by atoms with van der Waals surface area (Å²) in [6, 6.07) is 9.10. The second kappa shape index (κ2) is 5.30. The van der Waals surface area contributed by atoms with Gasteiger partial charge in [-0.1, -0.05) is 28.1 Å². The first-order valence-corrected chi connectivity index (χ1v) is 6.73. The molecule has 0 spiro atoms. The van der Waals surface area contributed by atoms with Crippen molar-refractivity contribution in [2.24, 2.45) is 5.73 Å². The van der Waals surface area contributed by atoms with Gasteiger partial charge in [0.15, 0.2) is 0 Å². The van der Waals surface area contributed by atoms with Gasteiger partial charge in [-0.3, -0.25) is 4.90 Å². The van der Waals surface area contributed by atoms with E-state index in [9.17, 15) is 0 Å². The monoisotopic (exact) mass is 282 g/mol. The number of hydrogen-bond donors (Lipinski definition) is 1. The summed E-state index contributed by atoms with van der Waals surface area (Å²) in [5.41, 5.74) is 7.47. The molecular weight excluding hydrogens is 264 g/mol. The number of hydrogen-bond acceptors (Lipinski definition) is 2. The van der Waals surface area contributed by atoms with Crippen LogP contribution in [0.3, 0.4) is 0 Å². The molecule has 1 heterocycles. The summed E-state index contributed by atoms with van der Waals surface area (Å²) in [4.78, 5) is 2.51. The Kier molecular flexibility index (Phi) is 4.00. The highest BCUT2D eigenvalue weighted by Gasteiger charge is 2.26. The molecule has 1 aromatic rings. The van der Waals surface area contributed by atoms with Crippen LogP contribution < -0.4 is 5.73 Å². The van der Waals surface area contributed by atoms with E-state index in [1.807, 2.05) is 0 Å². The van der Waals surface area contributed by atoms with Crippen molar-refractivity contribution in [2.45, 2.75) is 31.8 Å². The minimum atomic E-state index is 0.180. The zero-order valence-corrected chi connectivity index (χ0v) is 11.3. The Morgan fingerprint density at radius 1 is 1.19 bits per heavy atom. The largest absolute Gasteiger partial charge is 0.326 e. The molecule has 2 nitrogen and oxygen atoms in total. The Hall–Kier alpha value is -0.380. The van der Waals surface area contributed by atoms with Crippen LogP contribution in [0, 0.1) is 0 Å². The number of likely N-dealkylation sites (tertiary alicyclic amines) is 1. The van der Waals surface area contributed by atoms with E-state index in [1.54, 1.807) is 0 Å². The van der Waals surface area contributed by atoms with Crippen LogP contribution in [-0.2, 0) is 0 Å². The Morgan fingerprint density at radius 2 is 1.75 bits per heavy atom.